The van der Waals surface area contributed by atoms with Crippen LogP contribution < -0.4 is 4.72 Å². The maximum absolute atomic E-state index is 12.4. The second-order valence-corrected chi connectivity index (χ2v) is 8.25. The predicted molar refractivity (Wildman–Crippen MR) is 101 cm³/mol. The smallest absolute Gasteiger partial charge is 0.263 e. The number of benzene rings is 1. The summed E-state index contributed by atoms with van der Waals surface area (Å²) in [6.07, 6.45) is 5.55. The Labute approximate surface area is 158 Å². The lowest BCUT2D eigenvalue weighted by Gasteiger charge is -2.05. The highest BCUT2D eigenvalue weighted by atomic mass is 79.9. The number of nitrogens with one attached hydrogen (secondary N) is 1. The van der Waals surface area contributed by atoms with Crippen molar-refractivity contribution in [3.63, 3.8) is 0 Å². The van der Waals surface area contributed by atoms with Crippen molar-refractivity contribution < 1.29 is 8.42 Å². The van der Waals surface area contributed by atoms with Crippen molar-refractivity contribution in [3.8, 4) is 0 Å². The van der Waals surface area contributed by atoms with Gasteiger partial charge in [-0.3, -0.25) is 9.40 Å². The minimum atomic E-state index is -3.68. The molecule has 0 aliphatic rings. The van der Waals surface area contributed by atoms with Gasteiger partial charge in [0.25, 0.3) is 10.0 Å². The summed E-state index contributed by atoms with van der Waals surface area (Å²) < 4.78 is 31.7. The summed E-state index contributed by atoms with van der Waals surface area (Å²) in [5.74, 6) is 0.261. The lowest BCUT2D eigenvalue weighted by Crippen LogP contribution is -2.13. The third kappa shape index (κ3) is 3.49. The Hall–Kier alpha value is -2.65. The van der Waals surface area contributed by atoms with Gasteiger partial charge < -0.3 is 4.40 Å². The maximum Gasteiger partial charge on any atom is 0.263 e. The normalized spacial score (nSPS) is 11.7. The average molecular weight is 432 g/mol. The van der Waals surface area contributed by atoms with Crippen molar-refractivity contribution in [2.45, 2.75) is 11.4 Å². The molecule has 0 unspecified atom stereocenters. The molecule has 0 radical (unpaired) electrons. The van der Waals surface area contributed by atoms with Crippen molar-refractivity contribution in [2.24, 2.45) is 0 Å². The molecule has 7 nitrogen and oxygen atoms in total. The molecule has 3 heterocycles. The molecule has 0 saturated heterocycles. The van der Waals surface area contributed by atoms with Crippen LogP contribution in [0, 0.1) is 0 Å². The molecule has 0 bridgehead atoms. The molecule has 26 heavy (non-hydrogen) atoms. The predicted octanol–water partition coefficient (Wildman–Crippen LogP) is 3.14. The lowest BCUT2D eigenvalue weighted by molar-refractivity contribution is 0.600. The fourth-order valence-electron chi connectivity index (χ4n) is 2.54. The van der Waals surface area contributed by atoms with Crippen molar-refractivity contribution >= 4 is 37.4 Å². The van der Waals surface area contributed by atoms with Gasteiger partial charge in [0.15, 0.2) is 5.82 Å². The van der Waals surface area contributed by atoms with Crippen LogP contribution in [0.25, 0.3) is 5.65 Å². The monoisotopic (exact) mass is 431 g/mol. The summed E-state index contributed by atoms with van der Waals surface area (Å²) >= 11 is 3.29. The van der Waals surface area contributed by atoms with Gasteiger partial charge in [-0.2, -0.15) is 5.10 Å². The van der Waals surface area contributed by atoms with Gasteiger partial charge in [0.05, 0.1) is 17.1 Å². The van der Waals surface area contributed by atoms with Gasteiger partial charge in [-0.25, -0.2) is 13.4 Å². The van der Waals surface area contributed by atoms with E-state index in [2.05, 4.69) is 30.7 Å². The Morgan fingerprint density at radius 1 is 1.04 bits per heavy atom. The van der Waals surface area contributed by atoms with E-state index in [-0.39, 0.29) is 10.7 Å². The summed E-state index contributed by atoms with van der Waals surface area (Å²) in [6.45, 7) is 0.446. The molecule has 4 rings (SSSR count). The zero-order valence-corrected chi connectivity index (χ0v) is 15.9. The zero-order chi connectivity index (χ0) is 18.1. The van der Waals surface area contributed by atoms with E-state index in [1.165, 1.54) is 12.1 Å². The molecule has 1 N–H and O–H groups in total. The third-order valence-corrected chi connectivity index (χ3v) is 5.64. The number of aromatic nitrogens is 4. The van der Waals surface area contributed by atoms with Gasteiger partial charge in [0.2, 0.25) is 0 Å². The summed E-state index contributed by atoms with van der Waals surface area (Å²) in [6, 6.07) is 13.8. The van der Waals surface area contributed by atoms with E-state index in [0.29, 0.717) is 6.54 Å². The highest BCUT2D eigenvalue weighted by molar-refractivity contribution is 9.10. The van der Waals surface area contributed by atoms with Crippen molar-refractivity contribution in [2.75, 3.05) is 4.72 Å². The van der Waals surface area contributed by atoms with Gasteiger partial charge in [-0.15, -0.1) is 0 Å². The fraction of sp³-hybridized carbons (Fsp3) is 0.0588. The summed E-state index contributed by atoms with van der Waals surface area (Å²) in [5, 5.41) is 4.27. The lowest BCUT2D eigenvalue weighted by atomic mass is 10.4. The van der Waals surface area contributed by atoms with Crippen LogP contribution in [0.1, 0.15) is 5.69 Å². The molecule has 9 heteroatoms. The molecule has 4 aromatic rings. The number of pyridine rings is 1. The van der Waals surface area contributed by atoms with Crippen LogP contribution in [-0.4, -0.2) is 27.6 Å². The Bertz CT molecular complexity index is 1130. The number of sulfonamides is 1. The maximum atomic E-state index is 12.4. The van der Waals surface area contributed by atoms with Crippen molar-refractivity contribution in [1.82, 2.24) is 19.2 Å². The van der Waals surface area contributed by atoms with E-state index >= 15 is 0 Å². The average Bonchev–Trinajstić information content (AvgIpc) is 3.21. The standard InChI is InChI=1S/C17H14BrN5O2S/c18-13-4-6-15(7-5-13)26(24,25)21-16-8-10-23(20-16)12-14-11-22-9-2-1-3-17(22)19-14/h1-11H,12H2,(H,20,21). The van der Waals surface area contributed by atoms with Crippen LogP contribution in [0.5, 0.6) is 0 Å². The van der Waals surface area contributed by atoms with E-state index < -0.39 is 10.0 Å². The minimum absolute atomic E-state index is 0.176. The van der Waals surface area contributed by atoms with Crippen LogP contribution in [0.2, 0.25) is 0 Å². The first-order valence-corrected chi connectivity index (χ1v) is 10.0. The van der Waals surface area contributed by atoms with Gasteiger partial charge in [0, 0.05) is 29.1 Å². The zero-order valence-electron chi connectivity index (χ0n) is 13.4. The van der Waals surface area contributed by atoms with Crippen LogP contribution in [0.4, 0.5) is 5.82 Å². The molecule has 0 amide bonds. The molecule has 0 aliphatic heterocycles. The number of halogens is 1. The van der Waals surface area contributed by atoms with Crippen LogP contribution in [-0.2, 0) is 16.6 Å². The number of hydrogen-bond donors (Lipinski definition) is 1. The molecular formula is C17H14BrN5O2S. The topological polar surface area (TPSA) is 81.3 Å². The number of anilines is 1. The van der Waals surface area contributed by atoms with Crippen LogP contribution in [0.3, 0.4) is 0 Å². The van der Waals surface area contributed by atoms with Crippen LogP contribution in [0.15, 0.2) is 76.5 Å². The van der Waals surface area contributed by atoms with Crippen molar-refractivity contribution in [1.29, 1.82) is 0 Å². The van der Waals surface area contributed by atoms with Gasteiger partial charge >= 0.3 is 0 Å². The Morgan fingerprint density at radius 2 is 1.85 bits per heavy atom. The highest BCUT2D eigenvalue weighted by Crippen LogP contribution is 2.17. The Morgan fingerprint density at radius 3 is 2.62 bits per heavy atom. The molecule has 3 aromatic heterocycles. The fourth-order valence-corrected chi connectivity index (χ4v) is 3.80. The highest BCUT2D eigenvalue weighted by Gasteiger charge is 2.15. The molecule has 0 saturated carbocycles. The first-order valence-electron chi connectivity index (χ1n) is 7.74. The molecule has 132 valence electrons. The number of hydrogen-bond acceptors (Lipinski definition) is 4. The number of nitrogens with zero attached hydrogens (tertiary/aromatic N) is 4. The first kappa shape index (κ1) is 16.8. The second-order valence-electron chi connectivity index (χ2n) is 5.66. The molecule has 0 fully saturated rings. The van der Waals surface area contributed by atoms with Crippen LogP contribution >= 0.6 is 15.9 Å². The largest absolute Gasteiger partial charge is 0.307 e. The van der Waals surface area contributed by atoms with E-state index in [1.807, 2.05) is 35.0 Å². The molecule has 0 aliphatic carbocycles. The third-order valence-electron chi connectivity index (χ3n) is 3.74. The van der Waals surface area contributed by atoms with Gasteiger partial charge in [-0.1, -0.05) is 22.0 Å². The SMILES string of the molecule is O=S(=O)(Nc1ccn(Cc2cn3ccccc3n2)n1)c1ccc(Br)cc1. The number of imidazole rings is 1. The number of fused-ring (bicyclic) bond motifs is 1. The Balaban J connectivity index is 1.51. The molecule has 1 aromatic carbocycles. The Kier molecular flexibility index (Phi) is 4.25. The quantitative estimate of drug-likeness (QED) is 0.526. The van der Waals surface area contributed by atoms with Gasteiger partial charge in [-0.05, 0) is 36.4 Å². The first-order chi connectivity index (χ1) is 12.5. The van der Waals surface area contributed by atoms with Gasteiger partial charge in [0.1, 0.15) is 5.65 Å². The molecular weight excluding hydrogens is 418 g/mol. The summed E-state index contributed by atoms with van der Waals surface area (Å²) in [7, 11) is -3.68. The second kappa shape index (κ2) is 6.58. The minimum Gasteiger partial charge on any atom is -0.307 e. The molecule has 0 atom stereocenters. The van der Waals surface area contributed by atoms with Crippen molar-refractivity contribution in [3.05, 3.63) is 77.3 Å². The number of rotatable bonds is 5. The molecule has 0 spiro atoms. The van der Waals surface area contributed by atoms with E-state index in [9.17, 15) is 8.42 Å². The summed E-state index contributed by atoms with van der Waals surface area (Å²) in [4.78, 5) is 4.68. The van der Waals surface area contributed by atoms with E-state index in [4.69, 9.17) is 0 Å². The summed E-state index contributed by atoms with van der Waals surface area (Å²) in [5.41, 5.74) is 1.69. The van der Waals surface area contributed by atoms with E-state index in [0.717, 1.165) is 15.8 Å². The van der Waals surface area contributed by atoms with E-state index in [1.54, 1.807) is 29.1 Å².